The molecule has 0 radical (unpaired) electrons. The lowest BCUT2D eigenvalue weighted by atomic mass is 10.1. The van der Waals surface area contributed by atoms with Gasteiger partial charge in [0.2, 0.25) is 0 Å². The zero-order chi connectivity index (χ0) is 8.27. The van der Waals surface area contributed by atoms with Crippen LogP contribution in [0.4, 0.5) is 5.82 Å². The smallest absolute Gasteiger partial charge is 0.128 e. The molecule has 0 saturated carbocycles. The molecule has 11 heavy (non-hydrogen) atoms. The van der Waals surface area contributed by atoms with Crippen molar-refractivity contribution in [3.8, 4) is 0 Å². The number of nitrogens with two attached hydrogens (primary N) is 1. The van der Waals surface area contributed by atoms with Crippen molar-refractivity contribution >= 4 is 5.82 Å². The first-order valence-electron chi connectivity index (χ1n) is 3.63. The lowest BCUT2D eigenvalue weighted by Gasteiger charge is -2.11. The van der Waals surface area contributed by atoms with Crippen LogP contribution in [0.1, 0.15) is 18.5 Å². The largest absolute Gasteiger partial charge is 0.383 e. The summed E-state index contributed by atoms with van der Waals surface area (Å²) >= 11 is 0. The summed E-state index contributed by atoms with van der Waals surface area (Å²) < 4.78 is 0. The van der Waals surface area contributed by atoms with Crippen LogP contribution in [0.3, 0.4) is 0 Å². The zero-order valence-corrected chi connectivity index (χ0v) is 6.83. The predicted molar refractivity (Wildman–Crippen MR) is 46.1 cm³/mol. The van der Waals surface area contributed by atoms with E-state index < -0.39 is 0 Å². The minimum absolute atomic E-state index is 0.267. The fourth-order valence-electron chi connectivity index (χ4n) is 0.952. The third-order valence-corrected chi connectivity index (χ3v) is 1.77. The van der Waals surface area contributed by atoms with Gasteiger partial charge in [-0.2, -0.15) is 0 Å². The second-order valence-corrected chi connectivity index (χ2v) is 2.49. The van der Waals surface area contributed by atoms with E-state index in [-0.39, 0.29) is 6.04 Å². The van der Waals surface area contributed by atoms with Crippen LogP contribution in [0.25, 0.3) is 0 Å². The Morgan fingerprint density at radius 1 is 1.64 bits per heavy atom. The van der Waals surface area contributed by atoms with Gasteiger partial charge in [0.05, 0.1) is 0 Å². The summed E-state index contributed by atoms with van der Waals surface area (Å²) in [5, 5.41) is 3.10. The molecule has 0 aliphatic carbocycles. The van der Waals surface area contributed by atoms with Crippen molar-refractivity contribution in [3.05, 3.63) is 23.9 Å². The fourth-order valence-corrected chi connectivity index (χ4v) is 0.952. The van der Waals surface area contributed by atoms with Crippen molar-refractivity contribution in [2.75, 3.05) is 12.8 Å². The Balaban J connectivity index is 2.93. The molecule has 3 nitrogen and oxygen atoms in total. The number of rotatable bonds is 2. The van der Waals surface area contributed by atoms with Gasteiger partial charge in [-0.15, -0.1) is 0 Å². The van der Waals surface area contributed by atoms with Crippen LogP contribution in [-0.4, -0.2) is 12.0 Å². The van der Waals surface area contributed by atoms with Crippen LogP contribution in [0.5, 0.6) is 0 Å². The summed E-state index contributed by atoms with van der Waals surface area (Å²) in [7, 11) is 1.90. The maximum Gasteiger partial charge on any atom is 0.128 e. The number of anilines is 1. The molecule has 3 N–H and O–H groups in total. The van der Waals surface area contributed by atoms with E-state index in [1.807, 2.05) is 26.1 Å². The first-order valence-corrected chi connectivity index (χ1v) is 3.63. The van der Waals surface area contributed by atoms with Crippen molar-refractivity contribution in [2.45, 2.75) is 13.0 Å². The molecule has 1 heterocycles. The molecule has 0 saturated heterocycles. The molecule has 3 heteroatoms. The molecule has 1 aromatic heterocycles. The van der Waals surface area contributed by atoms with E-state index in [9.17, 15) is 0 Å². The number of hydrogen-bond acceptors (Lipinski definition) is 3. The molecule has 1 atom stereocenters. The highest BCUT2D eigenvalue weighted by molar-refractivity contribution is 5.40. The number of hydrogen-bond donors (Lipinski definition) is 2. The molecule has 0 bridgehead atoms. The summed E-state index contributed by atoms with van der Waals surface area (Å²) in [6.45, 7) is 2.05. The summed E-state index contributed by atoms with van der Waals surface area (Å²) in [5.41, 5.74) is 6.70. The van der Waals surface area contributed by atoms with Crippen LogP contribution in [0.15, 0.2) is 18.3 Å². The average Bonchev–Trinajstić information content (AvgIpc) is 2.04. The molecule has 0 fully saturated rings. The van der Waals surface area contributed by atoms with Gasteiger partial charge in [0, 0.05) is 17.8 Å². The maximum absolute atomic E-state index is 5.65. The highest BCUT2D eigenvalue weighted by atomic mass is 14.9. The normalized spacial score (nSPS) is 12.9. The van der Waals surface area contributed by atoms with Gasteiger partial charge in [-0.1, -0.05) is 6.07 Å². The number of pyridine rings is 1. The first-order chi connectivity index (χ1) is 5.25. The van der Waals surface area contributed by atoms with E-state index in [2.05, 4.69) is 10.3 Å². The standard InChI is InChI=1S/C8H13N3/c1-6(10-2)7-4-3-5-11-8(7)9/h3-6,10H,1-2H3,(H2,9,11). The number of nitrogens with zero attached hydrogens (tertiary/aromatic N) is 1. The number of nitrogens with one attached hydrogen (secondary N) is 1. The quantitative estimate of drug-likeness (QED) is 0.661. The Labute approximate surface area is 66.6 Å². The van der Waals surface area contributed by atoms with E-state index in [0.29, 0.717) is 5.82 Å². The van der Waals surface area contributed by atoms with Crippen LogP contribution >= 0.6 is 0 Å². The van der Waals surface area contributed by atoms with Gasteiger partial charge in [0.1, 0.15) is 5.82 Å². The minimum atomic E-state index is 0.267. The predicted octanol–water partition coefficient (Wildman–Crippen LogP) is 0.944. The molecule has 0 aliphatic rings. The first kappa shape index (κ1) is 8.01. The Bertz CT molecular complexity index is 235. The lowest BCUT2D eigenvalue weighted by Crippen LogP contribution is -2.14. The fraction of sp³-hybridized carbons (Fsp3) is 0.375. The Morgan fingerprint density at radius 2 is 2.36 bits per heavy atom. The molecular formula is C8H13N3. The molecule has 1 aromatic rings. The molecule has 1 unspecified atom stereocenters. The molecule has 60 valence electrons. The molecular weight excluding hydrogens is 138 g/mol. The highest BCUT2D eigenvalue weighted by Crippen LogP contribution is 2.15. The Kier molecular flexibility index (Phi) is 2.44. The van der Waals surface area contributed by atoms with E-state index in [4.69, 9.17) is 5.73 Å². The third kappa shape index (κ3) is 1.68. The summed E-state index contributed by atoms with van der Waals surface area (Å²) in [6, 6.07) is 4.13. The number of nitrogen functional groups attached to an aromatic ring is 1. The zero-order valence-electron chi connectivity index (χ0n) is 6.83. The van der Waals surface area contributed by atoms with E-state index in [0.717, 1.165) is 5.56 Å². The molecule has 0 aromatic carbocycles. The molecule has 1 rings (SSSR count). The molecule has 0 aliphatic heterocycles. The second-order valence-electron chi connectivity index (χ2n) is 2.49. The van der Waals surface area contributed by atoms with Gasteiger partial charge >= 0.3 is 0 Å². The summed E-state index contributed by atoms with van der Waals surface area (Å²) in [6.07, 6.45) is 1.70. The lowest BCUT2D eigenvalue weighted by molar-refractivity contribution is 0.652. The minimum Gasteiger partial charge on any atom is -0.383 e. The highest BCUT2D eigenvalue weighted by Gasteiger charge is 2.05. The second kappa shape index (κ2) is 3.34. The number of aromatic nitrogens is 1. The van der Waals surface area contributed by atoms with E-state index >= 15 is 0 Å². The van der Waals surface area contributed by atoms with E-state index in [1.54, 1.807) is 6.20 Å². The monoisotopic (exact) mass is 151 g/mol. The van der Waals surface area contributed by atoms with Gasteiger partial charge < -0.3 is 11.1 Å². The molecule has 0 amide bonds. The van der Waals surface area contributed by atoms with Gasteiger partial charge in [0.25, 0.3) is 0 Å². The van der Waals surface area contributed by atoms with Crippen LogP contribution in [0.2, 0.25) is 0 Å². The van der Waals surface area contributed by atoms with Crippen molar-refractivity contribution in [2.24, 2.45) is 0 Å². The van der Waals surface area contributed by atoms with Gasteiger partial charge in [-0.3, -0.25) is 0 Å². The van der Waals surface area contributed by atoms with Crippen LogP contribution in [-0.2, 0) is 0 Å². The third-order valence-electron chi connectivity index (χ3n) is 1.77. The van der Waals surface area contributed by atoms with E-state index in [1.165, 1.54) is 0 Å². The van der Waals surface area contributed by atoms with Crippen molar-refractivity contribution < 1.29 is 0 Å². The van der Waals surface area contributed by atoms with Gasteiger partial charge in [0.15, 0.2) is 0 Å². The van der Waals surface area contributed by atoms with Crippen molar-refractivity contribution in [1.82, 2.24) is 10.3 Å². The molecule has 0 spiro atoms. The van der Waals surface area contributed by atoms with Crippen molar-refractivity contribution in [1.29, 1.82) is 0 Å². The topological polar surface area (TPSA) is 50.9 Å². The van der Waals surface area contributed by atoms with Gasteiger partial charge in [-0.05, 0) is 20.0 Å². The van der Waals surface area contributed by atoms with Gasteiger partial charge in [-0.25, -0.2) is 4.98 Å². The Hall–Kier alpha value is -1.09. The maximum atomic E-state index is 5.65. The van der Waals surface area contributed by atoms with Crippen LogP contribution in [0, 0.1) is 0 Å². The Morgan fingerprint density at radius 3 is 2.91 bits per heavy atom. The summed E-state index contributed by atoms with van der Waals surface area (Å²) in [4.78, 5) is 3.99. The average molecular weight is 151 g/mol. The van der Waals surface area contributed by atoms with Crippen LogP contribution < -0.4 is 11.1 Å². The summed E-state index contributed by atoms with van der Waals surface area (Å²) in [5.74, 6) is 0.606. The SMILES string of the molecule is CNC(C)c1cccnc1N. The van der Waals surface area contributed by atoms with Crippen molar-refractivity contribution in [3.63, 3.8) is 0 Å².